The van der Waals surface area contributed by atoms with E-state index in [1.165, 1.54) is 6.08 Å². The van der Waals surface area contributed by atoms with Gasteiger partial charge in [0.2, 0.25) is 0 Å². The van der Waals surface area contributed by atoms with E-state index in [0.29, 0.717) is 13.0 Å². The average molecular weight is 360 g/mol. The lowest BCUT2D eigenvalue weighted by molar-refractivity contribution is -0.156. The maximum absolute atomic E-state index is 12.6. The summed E-state index contributed by atoms with van der Waals surface area (Å²) in [6.07, 6.45) is 7.78. The van der Waals surface area contributed by atoms with Crippen molar-refractivity contribution in [1.82, 2.24) is 10.8 Å². The first-order valence-electron chi connectivity index (χ1n) is 9.14. The fraction of sp³-hybridized carbons (Fsp3) is 0.500. The van der Waals surface area contributed by atoms with Gasteiger partial charge in [-0.25, -0.2) is 5.48 Å². The lowest BCUT2D eigenvalue weighted by atomic mass is 9.98. The number of carbonyl (C=O) groups excluding carboxylic acids is 2. The number of rotatable bonds is 8. The lowest BCUT2D eigenvalue weighted by Gasteiger charge is -2.29. The highest BCUT2D eigenvalue weighted by atomic mass is 16.5. The molecule has 1 fully saturated rings. The zero-order valence-corrected chi connectivity index (χ0v) is 15.5. The number of benzene rings is 1. The lowest BCUT2D eigenvalue weighted by Crippen LogP contribution is -2.50. The van der Waals surface area contributed by atoms with Crippen LogP contribution in [0.5, 0.6) is 0 Å². The molecule has 1 atom stereocenters. The first-order valence-corrected chi connectivity index (χ1v) is 9.14. The van der Waals surface area contributed by atoms with E-state index >= 15 is 0 Å². The van der Waals surface area contributed by atoms with Crippen molar-refractivity contribution in [3.05, 3.63) is 41.5 Å². The number of hydroxylamine groups is 1. The summed E-state index contributed by atoms with van der Waals surface area (Å²) in [6.45, 7) is 4.41. The van der Waals surface area contributed by atoms with Crippen LogP contribution >= 0.6 is 0 Å². The van der Waals surface area contributed by atoms with Gasteiger partial charge in [0.25, 0.3) is 5.91 Å². The highest BCUT2D eigenvalue weighted by Gasteiger charge is 2.34. The number of ether oxygens (including phenoxy) is 1. The zero-order valence-electron chi connectivity index (χ0n) is 15.5. The number of carbonyl (C=O) groups is 2. The Morgan fingerprint density at radius 1 is 1.27 bits per heavy atom. The van der Waals surface area contributed by atoms with Gasteiger partial charge in [-0.2, -0.15) is 0 Å². The van der Waals surface area contributed by atoms with Crippen LogP contribution in [0, 0.1) is 0 Å². The standard InChI is InChI=1S/C20H28N2O4/c1-3-20(2,19(24)26-17-6-4-5-7-17)21-14-16-10-8-15(9-11-16)12-13-18(23)22-25/h8-13,17,21,25H,3-7,14H2,1-2H3,(H,22,23)/t20-/m0/s1. The summed E-state index contributed by atoms with van der Waals surface area (Å²) in [7, 11) is 0. The van der Waals surface area contributed by atoms with Crippen LogP contribution in [0.1, 0.15) is 57.1 Å². The first kappa shape index (κ1) is 20.1. The molecule has 0 bridgehead atoms. The van der Waals surface area contributed by atoms with Crippen molar-refractivity contribution < 1.29 is 19.5 Å². The Morgan fingerprint density at radius 3 is 2.50 bits per heavy atom. The molecule has 1 aromatic rings. The van der Waals surface area contributed by atoms with Gasteiger partial charge in [0, 0.05) is 12.6 Å². The van der Waals surface area contributed by atoms with Gasteiger partial charge in [-0.15, -0.1) is 0 Å². The van der Waals surface area contributed by atoms with Crippen molar-refractivity contribution in [2.24, 2.45) is 0 Å². The minimum Gasteiger partial charge on any atom is -0.461 e. The Balaban J connectivity index is 1.91. The molecule has 3 N–H and O–H groups in total. The van der Waals surface area contributed by atoms with Crippen LogP contribution < -0.4 is 10.8 Å². The quantitative estimate of drug-likeness (QED) is 0.287. The highest BCUT2D eigenvalue weighted by Crippen LogP contribution is 2.24. The molecule has 1 aromatic carbocycles. The van der Waals surface area contributed by atoms with Gasteiger partial charge < -0.3 is 4.74 Å². The molecule has 142 valence electrons. The number of esters is 1. The van der Waals surface area contributed by atoms with Crippen LogP contribution in [0.15, 0.2) is 30.3 Å². The maximum Gasteiger partial charge on any atom is 0.326 e. The Kier molecular flexibility index (Phi) is 7.36. The average Bonchev–Trinajstić information content (AvgIpc) is 3.17. The van der Waals surface area contributed by atoms with Crippen molar-refractivity contribution in [2.75, 3.05) is 0 Å². The first-order chi connectivity index (χ1) is 12.5. The van der Waals surface area contributed by atoms with E-state index in [1.807, 2.05) is 38.1 Å². The minimum absolute atomic E-state index is 0.0670. The van der Waals surface area contributed by atoms with Gasteiger partial charge in [0.15, 0.2) is 0 Å². The third-order valence-corrected chi connectivity index (χ3v) is 4.93. The van der Waals surface area contributed by atoms with E-state index < -0.39 is 11.4 Å². The molecule has 1 aliphatic rings. The molecule has 6 heteroatoms. The molecule has 0 spiro atoms. The third-order valence-electron chi connectivity index (χ3n) is 4.93. The largest absolute Gasteiger partial charge is 0.461 e. The molecule has 0 heterocycles. The topological polar surface area (TPSA) is 87.7 Å². The van der Waals surface area contributed by atoms with Gasteiger partial charge in [-0.05, 0) is 56.2 Å². The summed E-state index contributed by atoms with van der Waals surface area (Å²) in [4.78, 5) is 23.5. The van der Waals surface area contributed by atoms with E-state index in [1.54, 1.807) is 11.6 Å². The molecular formula is C20H28N2O4. The highest BCUT2D eigenvalue weighted by molar-refractivity contribution is 5.90. The fourth-order valence-electron chi connectivity index (χ4n) is 2.88. The SMILES string of the molecule is CC[C@](C)(NCc1ccc(C=CC(=O)NO)cc1)C(=O)OC1CCCC1. The van der Waals surface area contributed by atoms with Crippen molar-refractivity contribution >= 4 is 18.0 Å². The summed E-state index contributed by atoms with van der Waals surface area (Å²) >= 11 is 0. The zero-order chi connectivity index (χ0) is 19.0. The summed E-state index contributed by atoms with van der Waals surface area (Å²) < 4.78 is 5.67. The minimum atomic E-state index is -0.708. The van der Waals surface area contributed by atoms with Crippen LogP contribution in [-0.4, -0.2) is 28.7 Å². The monoisotopic (exact) mass is 360 g/mol. The molecule has 6 nitrogen and oxygen atoms in total. The van der Waals surface area contributed by atoms with Crippen LogP contribution in [0.2, 0.25) is 0 Å². The number of hydrogen-bond donors (Lipinski definition) is 3. The molecule has 0 unspecified atom stereocenters. The molecule has 0 aliphatic heterocycles. The van der Waals surface area contributed by atoms with E-state index in [2.05, 4.69) is 5.32 Å². The van der Waals surface area contributed by atoms with Gasteiger partial charge in [0.05, 0.1) is 0 Å². The van der Waals surface area contributed by atoms with E-state index in [9.17, 15) is 9.59 Å². The van der Waals surface area contributed by atoms with Crippen LogP contribution in [0.4, 0.5) is 0 Å². The van der Waals surface area contributed by atoms with E-state index in [4.69, 9.17) is 9.94 Å². The second-order valence-corrected chi connectivity index (χ2v) is 6.90. The Morgan fingerprint density at radius 2 is 1.92 bits per heavy atom. The van der Waals surface area contributed by atoms with Crippen molar-refractivity contribution in [3.8, 4) is 0 Å². The number of amides is 1. The maximum atomic E-state index is 12.6. The predicted octanol–water partition coefficient (Wildman–Crippen LogP) is 2.95. The van der Waals surface area contributed by atoms with Crippen molar-refractivity contribution in [2.45, 2.75) is 64.1 Å². The van der Waals surface area contributed by atoms with Crippen LogP contribution in [0.25, 0.3) is 6.08 Å². The molecule has 1 aliphatic carbocycles. The number of nitrogens with one attached hydrogen (secondary N) is 2. The fourth-order valence-corrected chi connectivity index (χ4v) is 2.88. The summed E-state index contributed by atoms with van der Waals surface area (Å²) in [5.41, 5.74) is 2.71. The summed E-state index contributed by atoms with van der Waals surface area (Å²) in [5.74, 6) is -0.753. The molecule has 26 heavy (non-hydrogen) atoms. The van der Waals surface area contributed by atoms with Gasteiger partial charge in [-0.1, -0.05) is 31.2 Å². The normalized spacial score (nSPS) is 17.2. The molecule has 1 saturated carbocycles. The Hall–Kier alpha value is -2.18. The van der Waals surface area contributed by atoms with Crippen LogP contribution in [-0.2, 0) is 20.9 Å². The summed E-state index contributed by atoms with van der Waals surface area (Å²) in [6, 6.07) is 7.61. The summed E-state index contributed by atoms with van der Waals surface area (Å²) in [5, 5.41) is 11.8. The second-order valence-electron chi connectivity index (χ2n) is 6.90. The molecule has 0 aromatic heterocycles. The molecule has 2 rings (SSSR count). The van der Waals surface area contributed by atoms with Crippen LogP contribution in [0.3, 0.4) is 0 Å². The molecule has 1 amide bonds. The Bertz CT molecular complexity index is 636. The molecular weight excluding hydrogens is 332 g/mol. The Labute approximate surface area is 154 Å². The molecule has 0 saturated heterocycles. The van der Waals surface area contributed by atoms with Crippen molar-refractivity contribution in [3.63, 3.8) is 0 Å². The third kappa shape index (κ3) is 5.68. The van der Waals surface area contributed by atoms with Gasteiger partial charge >= 0.3 is 5.97 Å². The predicted molar refractivity (Wildman–Crippen MR) is 99.3 cm³/mol. The number of hydrogen-bond acceptors (Lipinski definition) is 5. The second kappa shape index (κ2) is 9.50. The van der Waals surface area contributed by atoms with Gasteiger partial charge in [0.1, 0.15) is 11.6 Å². The smallest absolute Gasteiger partial charge is 0.326 e. The van der Waals surface area contributed by atoms with E-state index in [-0.39, 0.29) is 12.1 Å². The van der Waals surface area contributed by atoms with E-state index in [0.717, 1.165) is 36.8 Å². The van der Waals surface area contributed by atoms with Crippen molar-refractivity contribution in [1.29, 1.82) is 0 Å². The van der Waals surface area contributed by atoms with Gasteiger partial charge in [-0.3, -0.25) is 20.1 Å². The molecule has 0 radical (unpaired) electrons.